The van der Waals surface area contributed by atoms with Crippen LogP contribution in [0.3, 0.4) is 0 Å². The van der Waals surface area contributed by atoms with Gasteiger partial charge in [0.05, 0.1) is 6.10 Å². The molecule has 2 fully saturated rings. The van der Waals surface area contributed by atoms with E-state index in [1.807, 2.05) is 0 Å². The van der Waals surface area contributed by atoms with Gasteiger partial charge < -0.3 is 15.8 Å². The van der Waals surface area contributed by atoms with Gasteiger partial charge in [-0.3, -0.25) is 0 Å². The van der Waals surface area contributed by atoms with E-state index < -0.39 is 0 Å². The van der Waals surface area contributed by atoms with Gasteiger partial charge in [0, 0.05) is 25.7 Å². The second kappa shape index (κ2) is 5.89. The molecule has 0 heterocycles. The van der Waals surface area contributed by atoms with E-state index in [9.17, 15) is 0 Å². The van der Waals surface area contributed by atoms with Crippen molar-refractivity contribution in [2.24, 2.45) is 11.1 Å². The summed E-state index contributed by atoms with van der Waals surface area (Å²) < 4.78 is 5.32. The topological polar surface area (TPSA) is 47.3 Å². The maximum atomic E-state index is 6.05. The molecule has 0 saturated heterocycles. The number of nitrogens with two attached hydrogens (primary N) is 1. The first-order valence-corrected chi connectivity index (χ1v) is 7.62. The molecule has 0 aromatic carbocycles. The Morgan fingerprint density at radius 3 is 2.22 bits per heavy atom. The summed E-state index contributed by atoms with van der Waals surface area (Å²) in [6.07, 6.45) is 11.3. The SMILES string of the molecule is COC(C)CNC1(CN)CCC2(CCCC2)CC1. The van der Waals surface area contributed by atoms with Crippen molar-refractivity contribution in [3.05, 3.63) is 0 Å². The maximum absolute atomic E-state index is 6.05. The minimum atomic E-state index is 0.181. The molecule has 106 valence electrons. The smallest absolute Gasteiger partial charge is 0.0667 e. The van der Waals surface area contributed by atoms with Crippen LogP contribution >= 0.6 is 0 Å². The molecule has 1 spiro atoms. The van der Waals surface area contributed by atoms with Crippen LogP contribution in [0.5, 0.6) is 0 Å². The highest BCUT2D eigenvalue weighted by atomic mass is 16.5. The summed E-state index contributed by atoms with van der Waals surface area (Å²) in [6.45, 7) is 3.79. The third-order valence-electron chi connectivity index (χ3n) is 5.49. The molecule has 0 aromatic rings. The van der Waals surface area contributed by atoms with Crippen molar-refractivity contribution in [1.29, 1.82) is 0 Å². The van der Waals surface area contributed by atoms with Gasteiger partial charge in [0.15, 0.2) is 0 Å². The van der Waals surface area contributed by atoms with Gasteiger partial charge in [-0.15, -0.1) is 0 Å². The zero-order valence-electron chi connectivity index (χ0n) is 12.1. The first kappa shape index (κ1) is 14.3. The van der Waals surface area contributed by atoms with Crippen LogP contribution in [-0.2, 0) is 4.74 Å². The first-order chi connectivity index (χ1) is 8.64. The molecule has 0 aliphatic heterocycles. The van der Waals surface area contributed by atoms with E-state index in [0.717, 1.165) is 13.1 Å². The minimum Gasteiger partial charge on any atom is -0.380 e. The third-order valence-corrected chi connectivity index (χ3v) is 5.49. The van der Waals surface area contributed by atoms with E-state index in [0.29, 0.717) is 5.41 Å². The summed E-state index contributed by atoms with van der Waals surface area (Å²) in [6, 6.07) is 0. The van der Waals surface area contributed by atoms with E-state index in [1.165, 1.54) is 51.4 Å². The largest absolute Gasteiger partial charge is 0.380 e. The zero-order valence-corrected chi connectivity index (χ0v) is 12.1. The van der Waals surface area contributed by atoms with Crippen molar-refractivity contribution >= 4 is 0 Å². The van der Waals surface area contributed by atoms with Gasteiger partial charge in [-0.2, -0.15) is 0 Å². The molecular weight excluding hydrogens is 224 g/mol. The molecule has 0 amide bonds. The van der Waals surface area contributed by atoms with Crippen molar-refractivity contribution in [1.82, 2.24) is 5.32 Å². The van der Waals surface area contributed by atoms with E-state index in [2.05, 4.69) is 12.2 Å². The molecule has 2 rings (SSSR count). The van der Waals surface area contributed by atoms with Crippen LogP contribution in [0.2, 0.25) is 0 Å². The van der Waals surface area contributed by atoms with Gasteiger partial charge in [-0.05, 0) is 50.9 Å². The number of hydrogen-bond acceptors (Lipinski definition) is 3. The molecule has 0 aromatic heterocycles. The van der Waals surface area contributed by atoms with Crippen molar-refractivity contribution < 1.29 is 4.74 Å². The predicted octanol–water partition coefficient (Wildman–Crippen LogP) is 2.44. The Labute approximate surface area is 112 Å². The lowest BCUT2D eigenvalue weighted by atomic mass is 9.66. The van der Waals surface area contributed by atoms with Crippen molar-refractivity contribution in [2.75, 3.05) is 20.2 Å². The Bertz CT molecular complexity index is 251. The van der Waals surface area contributed by atoms with Gasteiger partial charge in [0.2, 0.25) is 0 Å². The van der Waals surface area contributed by atoms with Gasteiger partial charge in [0.1, 0.15) is 0 Å². The van der Waals surface area contributed by atoms with Crippen LogP contribution in [-0.4, -0.2) is 31.8 Å². The highest BCUT2D eigenvalue weighted by Gasteiger charge is 2.43. The monoisotopic (exact) mass is 254 g/mol. The Kier molecular flexibility index (Phi) is 4.68. The summed E-state index contributed by atoms with van der Waals surface area (Å²) in [5.41, 5.74) is 6.92. The van der Waals surface area contributed by atoms with Crippen LogP contribution in [0.15, 0.2) is 0 Å². The van der Waals surface area contributed by atoms with Crippen LogP contribution in [0.1, 0.15) is 58.3 Å². The number of methoxy groups -OCH3 is 1. The number of hydrogen-bond donors (Lipinski definition) is 2. The predicted molar refractivity (Wildman–Crippen MR) is 75.6 cm³/mol. The lowest BCUT2D eigenvalue weighted by molar-refractivity contribution is 0.0793. The Morgan fingerprint density at radius 1 is 1.11 bits per heavy atom. The van der Waals surface area contributed by atoms with E-state index in [-0.39, 0.29) is 11.6 Å². The maximum Gasteiger partial charge on any atom is 0.0667 e. The van der Waals surface area contributed by atoms with Crippen molar-refractivity contribution in [3.8, 4) is 0 Å². The summed E-state index contributed by atoms with van der Waals surface area (Å²) in [4.78, 5) is 0. The molecule has 1 atom stereocenters. The first-order valence-electron chi connectivity index (χ1n) is 7.62. The standard InChI is InChI=1S/C15H30N2O/c1-13(18-2)11-17-15(12-16)9-7-14(8-10-15)5-3-4-6-14/h13,17H,3-12,16H2,1-2H3. The molecule has 1 unspecified atom stereocenters. The fourth-order valence-corrected chi connectivity index (χ4v) is 3.78. The molecule has 2 aliphatic rings. The number of ether oxygens (including phenoxy) is 1. The Hall–Kier alpha value is -0.120. The fourth-order valence-electron chi connectivity index (χ4n) is 3.78. The second-order valence-corrected chi connectivity index (χ2v) is 6.62. The van der Waals surface area contributed by atoms with Crippen LogP contribution in [0.4, 0.5) is 0 Å². The lowest BCUT2D eigenvalue weighted by Gasteiger charge is -2.45. The normalized spacial score (nSPS) is 27.5. The fraction of sp³-hybridized carbons (Fsp3) is 1.00. The molecule has 2 aliphatic carbocycles. The van der Waals surface area contributed by atoms with Crippen LogP contribution < -0.4 is 11.1 Å². The number of rotatable bonds is 5. The van der Waals surface area contributed by atoms with Gasteiger partial charge in [-0.1, -0.05) is 12.8 Å². The quantitative estimate of drug-likeness (QED) is 0.792. The van der Waals surface area contributed by atoms with Gasteiger partial charge in [0.25, 0.3) is 0 Å². The summed E-state index contributed by atoms with van der Waals surface area (Å²) in [5, 5.41) is 3.69. The van der Waals surface area contributed by atoms with Crippen LogP contribution in [0.25, 0.3) is 0 Å². The van der Waals surface area contributed by atoms with E-state index >= 15 is 0 Å². The second-order valence-electron chi connectivity index (χ2n) is 6.62. The zero-order chi connectivity index (χ0) is 13.1. The minimum absolute atomic E-state index is 0.181. The molecule has 0 bridgehead atoms. The molecule has 0 radical (unpaired) electrons. The molecule has 3 nitrogen and oxygen atoms in total. The van der Waals surface area contributed by atoms with Crippen molar-refractivity contribution in [2.45, 2.75) is 69.9 Å². The Balaban J connectivity index is 1.86. The average Bonchev–Trinajstić information content (AvgIpc) is 2.87. The highest BCUT2D eigenvalue weighted by Crippen LogP contribution is 2.50. The molecular formula is C15H30N2O. The Morgan fingerprint density at radius 2 is 1.72 bits per heavy atom. The molecule has 3 N–H and O–H groups in total. The number of nitrogens with one attached hydrogen (secondary N) is 1. The average molecular weight is 254 g/mol. The van der Waals surface area contributed by atoms with E-state index in [4.69, 9.17) is 10.5 Å². The summed E-state index contributed by atoms with van der Waals surface area (Å²) in [5.74, 6) is 0. The highest BCUT2D eigenvalue weighted by molar-refractivity contribution is 5.00. The van der Waals surface area contributed by atoms with Crippen molar-refractivity contribution in [3.63, 3.8) is 0 Å². The summed E-state index contributed by atoms with van der Waals surface area (Å²) in [7, 11) is 1.77. The van der Waals surface area contributed by atoms with Gasteiger partial charge >= 0.3 is 0 Å². The molecule has 3 heteroatoms. The third kappa shape index (κ3) is 3.06. The summed E-state index contributed by atoms with van der Waals surface area (Å²) >= 11 is 0. The molecule has 18 heavy (non-hydrogen) atoms. The van der Waals surface area contributed by atoms with E-state index in [1.54, 1.807) is 7.11 Å². The van der Waals surface area contributed by atoms with Crippen LogP contribution in [0, 0.1) is 5.41 Å². The molecule has 2 saturated carbocycles. The van der Waals surface area contributed by atoms with Gasteiger partial charge in [-0.25, -0.2) is 0 Å². The lowest BCUT2D eigenvalue weighted by Crippen LogP contribution is -2.56.